The topological polar surface area (TPSA) is 24.1 Å². The highest BCUT2D eigenvalue weighted by atomic mass is 15.3. The fourth-order valence-electron chi connectivity index (χ4n) is 1.30. The molecule has 0 amide bonds. The minimum absolute atomic E-state index is 1.11. The summed E-state index contributed by atoms with van der Waals surface area (Å²) in [6.45, 7) is 6.99. The minimum Gasteiger partial charge on any atom is -0.326 e. The smallest absolute Gasteiger partial charge is 0.0909 e. The van der Waals surface area contributed by atoms with Crippen molar-refractivity contribution in [3.8, 4) is 0 Å². The van der Waals surface area contributed by atoms with Crippen LogP contribution in [0.5, 0.6) is 0 Å². The Morgan fingerprint density at radius 2 is 1.27 bits per heavy atom. The van der Waals surface area contributed by atoms with E-state index in [1.807, 2.05) is 0 Å². The summed E-state index contributed by atoms with van der Waals surface area (Å²) in [7, 11) is 4.57. The molecule has 1 fully saturated rings. The summed E-state index contributed by atoms with van der Waals surface area (Å²) >= 11 is 0. The van der Waals surface area contributed by atoms with Crippen LogP contribution in [0.2, 0.25) is 0 Å². The fraction of sp³-hybridized carbons (Fsp3) is 1.00. The van der Waals surface area contributed by atoms with Gasteiger partial charge in [-0.25, -0.2) is 0 Å². The van der Waals surface area contributed by atoms with Crippen molar-refractivity contribution in [2.45, 2.75) is 0 Å². The van der Waals surface area contributed by atoms with Crippen LogP contribution in [0.3, 0.4) is 0 Å². The first-order chi connectivity index (χ1) is 5.21. The van der Waals surface area contributed by atoms with Gasteiger partial charge in [0.1, 0.15) is 0 Å². The molecule has 1 heterocycles. The molecule has 1 aliphatic rings. The second kappa shape index (κ2) is 4.04. The Bertz CT molecular complexity index is 99.9. The lowest BCUT2D eigenvalue weighted by Crippen LogP contribution is -2.46. The number of rotatable bonds is 0. The van der Waals surface area contributed by atoms with E-state index < -0.39 is 0 Å². The zero-order valence-electron chi connectivity index (χ0n) is 7.69. The Morgan fingerprint density at radius 3 is 1.73 bits per heavy atom. The third-order valence-corrected chi connectivity index (χ3v) is 2.27. The van der Waals surface area contributed by atoms with Crippen molar-refractivity contribution >= 4 is 0 Å². The Kier molecular flexibility index (Phi) is 3.30. The maximum absolute atomic E-state index is 3.40. The van der Waals surface area contributed by atoms with Gasteiger partial charge < -0.3 is 15.1 Å². The van der Waals surface area contributed by atoms with E-state index in [0.29, 0.717) is 0 Å². The van der Waals surface area contributed by atoms with Crippen LogP contribution >= 0.6 is 0 Å². The average molecular weight is 158 g/mol. The quantitative estimate of drug-likeness (QED) is 0.454. The van der Waals surface area contributed by atoms with Gasteiger partial charge in [0.2, 0.25) is 0 Å². The van der Waals surface area contributed by atoms with E-state index in [4.69, 9.17) is 0 Å². The first kappa shape index (κ1) is 8.97. The van der Waals surface area contributed by atoms with Crippen molar-refractivity contribution in [1.29, 1.82) is 0 Å². The van der Waals surface area contributed by atoms with Crippen LogP contribution in [0, 0.1) is 0 Å². The lowest BCUT2D eigenvalue weighted by Gasteiger charge is -2.29. The maximum atomic E-state index is 3.40. The lowest BCUT2D eigenvalue weighted by molar-refractivity contribution is -0.887. The van der Waals surface area contributed by atoms with Crippen LogP contribution in [-0.2, 0) is 0 Å². The van der Waals surface area contributed by atoms with Crippen LogP contribution in [0.1, 0.15) is 0 Å². The SMILES string of the molecule is C[N+]1(C)CCNCCNCC1. The third-order valence-electron chi connectivity index (χ3n) is 2.27. The van der Waals surface area contributed by atoms with E-state index in [-0.39, 0.29) is 0 Å². The van der Waals surface area contributed by atoms with E-state index in [2.05, 4.69) is 24.7 Å². The van der Waals surface area contributed by atoms with E-state index in [9.17, 15) is 0 Å². The Hall–Kier alpha value is -0.120. The Morgan fingerprint density at radius 1 is 0.818 bits per heavy atom. The molecule has 0 radical (unpaired) electrons. The van der Waals surface area contributed by atoms with Crippen molar-refractivity contribution < 1.29 is 4.48 Å². The number of nitrogens with one attached hydrogen (secondary N) is 2. The zero-order chi connectivity index (χ0) is 8.16. The van der Waals surface area contributed by atoms with Crippen LogP contribution in [0.25, 0.3) is 0 Å². The van der Waals surface area contributed by atoms with E-state index in [1.165, 1.54) is 13.1 Å². The Balaban J connectivity index is 2.31. The molecular weight excluding hydrogens is 138 g/mol. The molecule has 0 aromatic heterocycles. The second-order valence-electron chi connectivity index (χ2n) is 3.88. The normalized spacial score (nSPS) is 26.7. The third kappa shape index (κ3) is 3.70. The molecule has 0 aliphatic carbocycles. The molecule has 0 aromatic rings. The first-order valence-electron chi connectivity index (χ1n) is 4.44. The molecule has 11 heavy (non-hydrogen) atoms. The fourth-order valence-corrected chi connectivity index (χ4v) is 1.30. The molecule has 0 atom stereocenters. The summed E-state index contributed by atoms with van der Waals surface area (Å²) in [5.74, 6) is 0. The van der Waals surface area contributed by atoms with Gasteiger partial charge in [0, 0.05) is 26.2 Å². The number of nitrogens with zero attached hydrogens (tertiary/aromatic N) is 1. The van der Waals surface area contributed by atoms with Gasteiger partial charge in [-0.3, -0.25) is 0 Å². The molecule has 1 saturated heterocycles. The molecule has 3 nitrogen and oxygen atoms in total. The van der Waals surface area contributed by atoms with Gasteiger partial charge in [0.05, 0.1) is 27.2 Å². The summed E-state index contributed by atoms with van der Waals surface area (Å²) in [5.41, 5.74) is 0. The lowest BCUT2D eigenvalue weighted by atomic mass is 10.4. The van der Waals surface area contributed by atoms with Crippen LogP contribution in [-0.4, -0.2) is 57.8 Å². The molecular formula is C8H20N3+. The standard InChI is InChI=1S/C8H20N3/c1-11(2)7-5-9-3-4-10-6-8-11/h9-10H,3-8H2,1-2H3/q+1. The summed E-state index contributed by atoms with van der Waals surface area (Å²) in [6.07, 6.45) is 0. The molecule has 0 bridgehead atoms. The number of quaternary nitrogens is 1. The first-order valence-corrected chi connectivity index (χ1v) is 4.44. The molecule has 0 aromatic carbocycles. The molecule has 3 heteroatoms. The molecule has 66 valence electrons. The monoisotopic (exact) mass is 158 g/mol. The molecule has 0 unspecified atom stereocenters. The summed E-state index contributed by atoms with van der Waals surface area (Å²) in [4.78, 5) is 0. The van der Waals surface area contributed by atoms with Gasteiger partial charge in [0.25, 0.3) is 0 Å². The van der Waals surface area contributed by atoms with Gasteiger partial charge in [-0.2, -0.15) is 0 Å². The predicted octanol–water partition coefficient (Wildman–Crippen LogP) is -0.744. The zero-order valence-corrected chi connectivity index (χ0v) is 7.69. The summed E-state index contributed by atoms with van der Waals surface area (Å²) in [6, 6.07) is 0. The van der Waals surface area contributed by atoms with Crippen molar-refractivity contribution in [3.05, 3.63) is 0 Å². The van der Waals surface area contributed by atoms with Crippen molar-refractivity contribution in [2.75, 3.05) is 53.4 Å². The van der Waals surface area contributed by atoms with Crippen LogP contribution in [0.15, 0.2) is 0 Å². The molecule has 0 spiro atoms. The van der Waals surface area contributed by atoms with Crippen LogP contribution in [0.4, 0.5) is 0 Å². The van der Waals surface area contributed by atoms with Gasteiger partial charge in [-0.1, -0.05) is 0 Å². The van der Waals surface area contributed by atoms with Gasteiger partial charge in [-0.05, 0) is 0 Å². The van der Waals surface area contributed by atoms with Crippen molar-refractivity contribution in [1.82, 2.24) is 10.6 Å². The number of hydrogen-bond acceptors (Lipinski definition) is 2. The Labute approximate surface area is 69.4 Å². The molecule has 0 saturated carbocycles. The number of likely N-dealkylation sites (N-methyl/N-ethyl adjacent to an activating group) is 1. The minimum atomic E-state index is 1.11. The maximum Gasteiger partial charge on any atom is 0.0909 e. The largest absolute Gasteiger partial charge is 0.326 e. The van der Waals surface area contributed by atoms with Gasteiger partial charge >= 0.3 is 0 Å². The highest BCUT2D eigenvalue weighted by Crippen LogP contribution is 1.94. The van der Waals surface area contributed by atoms with E-state index in [1.54, 1.807) is 0 Å². The van der Waals surface area contributed by atoms with E-state index in [0.717, 1.165) is 30.7 Å². The van der Waals surface area contributed by atoms with Crippen LogP contribution < -0.4 is 10.6 Å². The highest BCUT2D eigenvalue weighted by Gasteiger charge is 2.14. The highest BCUT2D eigenvalue weighted by molar-refractivity contribution is 4.54. The summed E-state index contributed by atoms with van der Waals surface area (Å²) < 4.78 is 1.12. The average Bonchev–Trinajstić information content (AvgIpc) is 2.00. The number of hydrogen-bond donors (Lipinski definition) is 2. The van der Waals surface area contributed by atoms with E-state index >= 15 is 0 Å². The summed E-state index contributed by atoms with van der Waals surface area (Å²) in [5, 5.41) is 6.81. The predicted molar refractivity (Wildman–Crippen MR) is 47.6 cm³/mol. The van der Waals surface area contributed by atoms with Gasteiger partial charge in [-0.15, -0.1) is 0 Å². The molecule has 2 N–H and O–H groups in total. The second-order valence-corrected chi connectivity index (χ2v) is 3.88. The van der Waals surface area contributed by atoms with Crippen molar-refractivity contribution in [3.63, 3.8) is 0 Å². The molecule has 1 rings (SSSR count). The van der Waals surface area contributed by atoms with Crippen molar-refractivity contribution in [2.24, 2.45) is 0 Å². The molecule has 1 aliphatic heterocycles. The van der Waals surface area contributed by atoms with Gasteiger partial charge in [0.15, 0.2) is 0 Å².